The highest BCUT2D eigenvalue weighted by Crippen LogP contribution is 2.18. The van der Waals surface area contributed by atoms with Crippen LogP contribution >= 0.6 is 0 Å². The number of nitrogens with zero attached hydrogens (tertiary/aromatic N) is 4. The van der Waals surface area contributed by atoms with Gasteiger partial charge in [0.25, 0.3) is 5.56 Å². The summed E-state index contributed by atoms with van der Waals surface area (Å²) in [5, 5.41) is 11.8. The van der Waals surface area contributed by atoms with Gasteiger partial charge in [0.1, 0.15) is 17.9 Å². The monoisotopic (exact) mass is 415 g/mol. The molecule has 0 spiro atoms. The average molecular weight is 415 g/mol. The summed E-state index contributed by atoms with van der Waals surface area (Å²) in [4.78, 5) is 25.4. The van der Waals surface area contributed by atoms with E-state index in [0.29, 0.717) is 17.0 Å². The number of aryl methyl sites for hydroxylation is 2. The van der Waals surface area contributed by atoms with Crippen LogP contribution in [0.25, 0.3) is 16.8 Å². The van der Waals surface area contributed by atoms with E-state index in [9.17, 15) is 9.59 Å². The molecule has 31 heavy (non-hydrogen) atoms. The predicted molar refractivity (Wildman–Crippen MR) is 120 cm³/mol. The van der Waals surface area contributed by atoms with Crippen molar-refractivity contribution < 1.29 is 4.79 Å². The third-order valence-electron chi connectivity index (χ3n) is 5.21. The quantitative estimate of drug-likeness (QED) is 0.503. The van der Waals surface area contributed by atoms with Gasteiger partial charge in [0.15, 0.2) is 0 Å². The number of carbonyl (C=O) groups is 1. The summed E-state index contributed by atoms with van der Waals surface area (Å²) in [7, 11) is 0. The maximum atomic E-state index is 12.9. The van der Waals surface area contributed by atoms with Crippen molar-refractivity contribution in [1.29, 1.82) is 0 Å². The Bertz CT molecular complexity index is 1250. The molecule has 1 amide bonds. The minimum absolute atomic E-state index is 0.00659. The van der Waals surface area contributed by atoms with Crippen molar-refractivity contribution in [1.82, 2.24) is 24.7 Å². The minimum Gasteiger partial charge on any atom is -0.352 e. The number of amides is 1. The lowest BCUT2D eigenvalue weighted by Gasteiger charge is -2.14. The van der Waals surface area contributed by atoms with Gasteiger partial charge in [0.2, 0.25) is 5.91 Å². The minimum atomic E-state index is -0.340. The molecule has 158 valence electrons. The molecule has 7 heteroatoms. The highest BCUT2D eigenvalue weighted by atomic mass is 16.2. The van der Waals surface area contributed by atoms with E-state index in [0.717, 1.165) is 18.4 Å². The number of rotatable bonds is 7. The van der Waals surface area contributed by atoms with E-state index < -0.39 is 0 Å². The fourth-order valence-corrected chi connectivity index (χ4v) is 3.59. The van der Waals surface area contributed by atoms with E-state index in [4.69, 9.17) is 0 Å². The first-order valence-electron chi connectivity index (χ1n) is 10.4. The first kappa shape index (κ1) is 20.5. The predicted octanol–water partition coefficient (Wildman–Crippen LogP) is 3.00. The fourth-order valence-electron chi connectivity index (χ4n) is 3.59. The first-order valence-corrected chi connectivity index (χ1v) is 10.4. The first-order chi connectivity index (χ1) is 15.0. The summed E-state index contributed by atoms with van der Waals surface area (Å²) in [6, 6.07) is 21.5. The second-order valence-electron chi connectivity index (χ2n) is 7.70. The standard InChI is InChI=1S/C24H25N5O2/c1-17(13-14-19-9-5-3-6-10-19)25-23(30)16-28-24(31)22-15-21(20-11-7-4-8-12-20)27-29(22)18(2)26-28/h3-12,15,17H,13-14,16H2,1-2H3,(H,25,30)/t17-/m1/s1. The topological polar surface area (TPSA) is 81.3 Å². The molecule has 0 aliphatic rings. The molecule has 4 aromatic rings. The molecule has 7 nitrogen and oxygen atoms in total. The van der Waals surface area contributed by atoms with Gasteiger partial charge < -0.3 is 5.32 Å². The van der Waals surface area contributed by atoms with E-state index in [1.54, 1.807) is 13.0 Å². The van der Waals surface area contributed by atoms with Gasteiger partial charge in [-0.3, -0.25) is 9.59 Å². The van der Waals surface area contributed by atoms with Crippen LogP contribution in [-0.2, 0) is 17.8 Å². The Balaban J connectivity index is 1.47. The van der Waals surface area contributed by atoms with Gasteiger partial charge in [-0.2, -0.15) is 10.2 Å². The molecule has 2 aromatic carbocycles. The smallest absolute Gasteiger partial charge is 0.293 e. The number of fused-ring (bicyclic) bond motifs is 1. The molecule has 0 saturated heterocycles. The summed E-state index contributed by atoms with van der Waals surface area (Å²) >= 11 is 0. The number of hydrogen-bond donors (Lipinski definition) is 1. The Morgan fingerprint density at radius 1 is 1.03 bits per heavy atom. The Kier molecular flexibility index (Phi) is 5.93. The molecular weight excluding hydrogens is 390 g/mol. The van der Waals surface area contributed by atoms with Crippen LogP contribution in [0.2, 0.25) is 0 Å². The van der Waals surface area contributed by atoms with Crippen molar-refractivity contribution in [3.05, 3.63) is 88.5 Å². The number of benzene rings is 2. The molecule has 2 aromatic heterocycles. The van der Waals surface area contributed by atoms with Crippen LogP contribution in [0.5, 0.6) is 0 Å². The van der Waals surface area contributed by atoms with Crippen LogP contribution in [0, 0.1) is 6.92 Å². The molecule has 0 aliphatic carbocycles. The van der Waals surface area contributed by atoms with Crippen LogP contribution in [-0.4, -0.2) is 31.3 Å². The highest BCUT2D eigenvalue weighted by molar-refractivity contribution is 5.76. The van der Waals surface area contributed by atoms with Crippen LogP contribution in [0.1, 0.15) is 24.7 Å². The van der Waals surface area contributed by atoms with Gasteiger partial charge in [-0.25, -0.2) is 9.20 Å². The maximum Gasteiger partial charge on any atom is 0.293 e. The lowest BCUT2D eigenvalue weighted by atomic mass is 10.1. The summed E-state index contributed by atoms with van der Waals surface area (Å²) in [6.07, 6.45) is 1.70. The lowest BCUT2D eigenvalue weighted by molar-refractivity contribution is -0.122. The molecule has 1 atom stereocenters. The average Bonchev–Trinajstić information content (AvgIpc) is 3.24. The molecule has 4 rings (SSSR count). The largest absolute Gasteiger partial charge is 0.352 e. The molecule has 0 saturated carbocycles. The van der Waals surface area contributed by atoms with Gasteiger partial charge in [0, 0.05) is 11.6 Å². The van der Waals surface area contributed by atoms with Crippen molar-refractivity contribution >= 4 is 11.4 Å². The summed E-state index contributed by atoms with van der Waals surface area (Å²) in [6.45, 7) is 3.61. The molecule has 0 radical (unpaired) electrons. The number of aromatic nitrogens is 4. The summed E-state index contributed by atoms with van der Waals surface area (Å²) in [5.74, 6) is 0.309. The van der Waals surface area contributed by atoms with E-state index in [1.165, 1.54) is 14.8 Å². The van der Waals surface area contributed by atoms with E-state index in [-0.39, 0.29) is 24.1 Å². The molecule has 0 aliphatic heterocycles. The van der Waals surface area contributed by atoms with Crippen LogP contribution < -0.4 is 10.9 Å². The Hall–Kier alpha value is -3.74. The van der Waals surface area contributed by atoms with E-state index >= 15 is 0 Å². The third kappa shape index (κ3) is 4.71. The van der Waals surface area contributed by atoms with E-state index in [2.05, 4.69) is 27.6 Å². The number of carbonyl (C=O) groups excluding carboxylic acids is 1. The molecule has 2 heterocycles. The molecule has 1 N–H and O–H groups in total. The van der Waals surface area contributed by atoms with Crippen molar-refractivity contribution in [2.75, 3.05) is 0 Å². The SMILES string of the molecule is Cc1nn(CC(=O)N[C@H](C)CCc2ccccc2)c(=O)c2cc(-c3ccccc3)nn12. The van der Waals surface area contributed by atoms with Crippen LogP contribution in [0.4, 0.5) is 0 Å². The fraction of sp³-hybridized carbons (Fsp3) is 0.250. The number of nitrogens with one attached hydrogen (secondary N) is 1. The van der Waals surface area contributed by atoms with Crippen LogP contribution in [0.15, 0.2) is 71.5 Å². The Labute approximate surface area is 180 Å². The van der Waals surface area contributed by atoms with Gasteiger partial charge >= 0.3 is 0 Å². The highest BCUT2D eigenvalue weighted by Gasteiger charge is 2.15. The molecular formula is C24H25N5O2. The zero-order valence-corrected chi connectivity index (χ0v) is 17.7. The maximum absolute atomic E-state index is 12.9. The Morgan fingerprint density at radius 2 is 1.71 bits per heavy atom. The molecule has 0 fully saturated rings. The van der Waals surface area contributed by atoms with Gasteiger partial charge in [-0.05, 0) is 38.3 Å². The zero-order chi connectivity index (χ0) is 21.8. The van der Waals surface area contributed by atoms with Gasteiger partial charge in [0.05, 0.1) is 5.69 Å². The normalized spacial score (nSPS) is 12.1. The van der Waals surface area contributed by atoms with Crippen molar-refractivity contribution in [3.63, 3.8) is 0 Å². The van der Waals surface area contributed by atoms with Crippen molar-refractivity contribution in [3.8, 4) is 11.3 Å². The lowest BCUT2D eigenvalue weighted by Crippen LogP contribution is -2.39. The van der Waals surface area contributed by atoms with Crippen molar-refractivity contribution in [2.24, 2.45) is 0 Å². The summed E-state index contributed by atoms with van der Waals surface area (Å²) in [5.41, 5.74) is 2.90. The summed E-state index contributed by atoms with van der Waals surface area (Å²) < 4.78 is 2.74. The Morgan fingerprint density at radius 3 is 2.42 bits per heavy atom. The van der Waals surface area contributed by atoms with Gasteiger partial charge in [-0.1, -0.05) is 60.7 Å². The van der Waals surface area contributed by atoms with E-state index in [1.807, 2.05) is 55.5 Å². The van der Waals surface area contributed by atoms with Crippen molar-refractivity contribution in [2.45, 2.75) is 39.3 Å². The number of hydrogen-bond acceptors (Lipinski definition) is 4. The second-order valence-corrected chi connectivity index (χ2v) is 7.70. The zero-order valence-electron chi connectivity index (χ0n) is 17.7. The second kappa shape index (κ2) is 8.95. The van der Waals surface area contributed by atoms with Gasteiger partial charge in [-0.15, -0.1) is 0 Å². The van der Waals surface area contributed by atoms with Crippen LogP contribution in [0.3, 0.4) is 0 Å². The third-order valence-corrected chi connectivity index (χ3v) is 5.21. The molecule has 0 unspecified atom stereocenters. The molecule has 0 bridgehead atoms.